The SMILES string of the molecule is CCC1(S(=O)(=O)c2cccc(C(F)(F)F)c2)CCOC(C(N=O)NC(=O)C2CC2)C1. The van der Waals surface area contributed by atoms with Crippen molar-refractivity contribution in [1.29, 1.82) is 0 Å². The summed E-state index contributed by atoms with van der Waals surface area (Å²) in [6.07, 6.45) is -5.50. The highest BCUT2D eigenvalue weighted by Gasteiger charge is 2.50. The molecule has 7 nitrogen and oxygen atoms in total. The first-order chi connectivity index (χ1) is 14.0. The van der Waals surface area contributed by atoms with Gasteiger partial charge in [0.05, 0.1) is 15.2 Å². The zero-order chi connectivity index (χ0) is 22.2. The van der Waals surface area contributed by atoms with E-state index >= 15 is 0 Å². The maximum Gasteiger partial charge on any atom is 0.416 e. The van der Waals surface area contributed by atoms with E-state index in [4.69, 9.17) is 4.74 Å². The molecule has 1 aliphatic carbocycles. The van der Waals surface area contributed by atoms with Crippen LogP contribution < -0.4 is 5.32 Å². The van der Waals surface area contributed by atoms with Crippen LogP contribution >= 0.6 is 0 Å². The first-order valence-electron chi connectivity index (χ1n) is 9.70. The second kappa shape index (κ2) is 8.26. The summed E-state index contributed by atoms with van der Waals surface area (Å²) in [4.78, 5) is 22.9. The van der Waals surface area contributed by atoms with E-state index in [0.29, 0.717) is 18.9 Å². The zero-order valence-corrected chi connectivity index (χ0v) is 17.1. The van der Waals surface area contributed by atoms with Gasteiger partial charge in [-0.2, -0.15) is 13.2 Å². The molecular formula is C19H23F3N2O5S. The molecular weight excluding hydrogens is 425 g/mol. The summed E-state index contributed by atoms with van der Waals surface area (Å²) in [6.45, 7) is 1.60. The molecule has 1 heterocycles. The average molecular weight is 448 g/mol. The van der Waals surface area contributed by atoms with Crippen LogP contribution in [-0.4, -0.2) is 37.9 Å². The molecule has 3 unspecified atom stereocenters. The minimum Gasteiger partial charge on any atom is -0.374 e. The van der Waals surface area contributed by atoms with Crippen LogP contribution in [0, 0.1) is 10.8 Å². The minimum absolute atomic E-state index is 0.0258. The van der Waals surface area contributed by atoms with E-state index in [0.717, 1.165) is 18.2 Å². The summed E-state index contributed by atoms with van der Waals surface area (Å²) in [6, 6.07) is 3.63. The van der Waals surface area contributed by atoms with Crippen LogP contribution in [0.4, 0.5) is 13.2 Å². The third-order valence-corrected chi connectivity index (χ3v) is 8.53. The molecule has 166 valence electrons. The van der Waals surface area contributed by atoms with Gasteiger partial charge < -0.3 is 10.1 Å². The number of hydrogen-bond acceptors (Lipinski definition) is 6. The molecule has 1 aromatic rings. The van der Waals surface area contributed by atoms with Gasteiger partial charge in [0, 0.05) is 12.5 Å². The predicted molar refractivity (Wildman–Crippen MR) is 101 cm³/mol. The van der Waals surface area contributed by atoms with Crippen LogP contribution in [-0.2, 0) is 25.5 Å². The van der Waals surface area contributed by atoms with Crippen LogP contribution in [0.2, 0.25) is 0 Å². The summed E-state index contributed by atoms with van der Waals surface area (Å²) < 4.78 is 70.1. The Morgan fingerprint density at radius 1 is 1.37 bits per heavy atom. The number of rotatable bonds is 7. The Hall–Kier alpha value is -2.01. The van der Waals surface area contributed by atoms with E-state index in [-0.39, 0.29) is 37.7 Å². The van der Waals surface area contributed by atoms with Gasteiger partial charge in [0.2, 0.25) is 5.91 Å². The fraction of sp³-hybridized carbons (Fsp3) is 0.632. The lowest BCUT2D eigenvalue weighted by molar-refractivity contribution is -0.137. The molecule has 1 aromatic carbocycles. The topological polar surface area (TPSA) is 102 Å². The highest BCUT2D eigenvalue weighted by Crippen LogP contribution is 2.42. The minimum atomic E-state index is -4.68. The molecule has 1 N–H and O–H groups in total. The lowest BCUT2D eigenvalue weighted by Crippen LogP contribution is -2.53. The summed E-state index contributed by atoms with van der Waals surface area (Å²) in [7, 11) is -4.20. The van der Waals surface area contributed by atoms with Crippen molar-refractivity contribution in [3.8, 4) is 0 Å². The number of nitrogens with one attached hydrogen (secondary N) is 1. The molecule has 1 saturated heterocycles. The van der Waals surface area contributed by atoms with Crippen molar-refractivity contribution in [2.75, 3.05) is 6.61 Å². The van der Waals surface area contributed by atoms with Gasteiger partial charge in [-0.3, -0.25) is 4.79 Å². The van der Waals surface area contributed by atoms with Gasteiger partial charge >= 0.3 is 6.18 Å². The number of hydrogen-bond donors (Lipinski definition) is 1. The number of nitrogens with zero attached hydrogens (tertiary/aromatic N) is 1. The molecule has 0 radical (unpaired) electrons. The van der Waals surface area contributed by atoms with Gasteiger partial charge in [0.1, 0.15) is 6.10 Å². The van der Waals surface area contributed by atoms with E-state index in [9.17, 15) is 31.3 Å². The van der Waals surface area contributed by atoms with Crippen LogP contribution in [0.3, 0.4) is 0 Å². The van der Waals surface area contributed by atoms with Crippen molar-refractivity contribution >= 4 is 15.7 Å². The molecule has 3 atom stereocenters. The Labute approximate surface area is 172 Å². The Bertz CT molecular complexity index is 917. The van der Waals surface area contributed by atoms with E-state index in [1.165, 1.54) is 0 Å². The predicted octanol–water partition coefficient (Wildman–Crippen LogP) is 3.43. The largest absolute Gasteiger partial charge is 0.416 e. The maximum absolute atomic E-state index is 13.4. The number of carbonyl (C=O) groups excluding carboxylic acids is 1. The third-order valence-electron chi connectivity index (χ3n) is 5.85. The Kier molecular flexibility index (Phi) is 6.24. The highest BCUT2D eigenvalue weighted by molar-refractivity contribution is 7.92. The van der Waals surface area contributed by atoms with Crippen molar-refractivity contribution in [3.05, 3.63) is 34.7 Å². The molecule has 2 aliphatic rings. The van der Waals surface area contributed by atoms with Gasteiger partial charge in [-0.1, -0.05) is 13.0 Å². The highest BCUT2D eigenvalue weighted by atomic mass is 32.2. The molecule has 2 fully saturated rings. The molecule has 0 spiro atoms. The standard InChI is InChI=1S/C19H23F3N2O5S/c1-2-18(30(27,28)14-5-3-4-13(10-14)19(20,21)22)8-9-29-15(11-18)16(24-26)23-17(25)12-6-7-12/h3-5,10,12,15-16H,2,6-9,11H2,1H3,(H,23,25). The van der Waals surface area contributed by atoms with Crippen LogP contribution in [0.1, 0.15) is 44.6 Å². The first-order valence-corrected chi connectivity index (χ1v) is 11.2. The number of amides is 1. The van der Waals surface area contributed by atoms with Gasteiger partial charge in [-0.25, -0.2) is 8.42 Å². The number of sulfone groups is 1. The van der Waals surface area contributed by atoms with E-state index in [2.05, 4.69) is 10.5 Å². The van der Waals surface area contributed by atoms with E-state index < -0.39 is 43.5 Å². The fourth-order valence-corrected chi connectivity index (χ4v) is 5.92. The van der Waals surface area contributed by atoms with Crippen LogP contribution in [0.15, 0.2) is 34.3 Å². The fourth-order valence-electron chi connectivity index (χ4n) is 3.77. The Balaban J connectivity index is 1.89. The number of halogens is 3. The van der Waals surface area contributed by atoms with Crippen molar-refractivity contribution < 1.29 is 31.1 Å². The molecule has 1 amide bonds. The van der Waals surface area contributed by atoms with Gasteiger partial charge in [0.15, 0.2) is 16.0 Å². The molecule has 30 heavy (non-hydrogen) atoms. The third kappa shape index (κ3) is 4.36. The number of carbonyl (C=O) groups is 1. The number of alkyl halides is 3. The normalized spacial score (nSPS) is 26.1. The molecule has 0 aromatic heterocycles. The number of benzene rings is 1. The monoisotopic (exact) mass is 448 g/mol. The Morgan fingerprint density at radius 2 is 2.07 bits per heavy atom. The molecule has 0 bridgehead atoms. The maximum atomic E-state index is 13.4. The number of nitroso groups, excluding NO2 is 1. The number of ether oxygens (including phenoxy) is 1. The zero-order valence-electron chi connectivity index (χ0n) is 16.3. The first kappa shape index (κ1) is 22.7. The average Bonchev–Trinajstić information content (AvgIpc) is 3.56. The summed E-state index contributed by atoms with van der Waals surface area (Å²) in [5.74, 6) is -0.515. The molecule has 1 saturated carbocycles. The lowest BCUT2D eigenvalue weighted by Gasteiger charge is -2.41. The second-order valence-electron chi connectivity index (χ2n) is 7.76. The van der Waals surface area contributed by atoms with Gasteiger partial charge in [-0.05, 0) is 55.5 Å². The van der Waals surface area contributed by atoms with Crippen LogP contribution in [0.5, 0.6) is 0 Å². The van der Waals surface area contributed by atoms with Gasteiger partial charge in [-0.15, -0.1) is 4.91 Å². The van der Waals surface area contributed by atoms with Crippen molar-refractivity contribution in [2.24, 2.45) is 11.1 Å². The molecule has 1 aliphatic heterocycles. The summed E-state index contributed by atoms with van der Waals surface area (Å²) in [5.41, 5.74) is -1.05. The smallest absolute Gasteiger partial charge is 0.374 e. The molecule has 11 heteroatoms. The Morgan fingerprint density at radius 3 is 2.63 bits per heavy atom. The summed E-state index contributed by atoms with van der Waals surface area (Å²) >= 11 is 0. The van der Waals surface area contributed by atoms with Crippen LogP contribution in [0.25, 0.3) is 0 Å². The quantitative estimate of drug-likeness (QED) is 0.644. The summed E-state index contributed by atoms with van der Waals surface area (Å²) in [5, 5.41) is 5.41. The van der Waals surface area contributed by atoms with E-state index in [1.54, 1.807) is 6.92 Å². The van der Waals surface area contributed by atoms with Crippen molar-refractivity contribution in [2.45, 2.75) is 67.1 Å². The van der Waals surface area contributed by atoms with Gasteiger partial charge in [0.25, 0.3) is 0 Å². The van der Waals surface area contributed by atoms with E-state index in [1.807, 2.05) is 0 Å². The van der Waals surface area contributed by atoms with Crippen molar-refractivity contribution in [3.63, 3.8) is 0 Å². The van der Waals surface area contributed by atoms with Crippen molar-refractivity contribution in [1.82, 2.24) is 5.32 Å². The lowest BCUT2D eigenvalue weighted by atomic mass is 9.91. The second-order valence-corrected chi connectivity index (χ2v) is 10.1. The molecule has 3 rings (SSSR count).